The van der Waals surface area contributed by atoms with Crippen LogP contribution in [0.15, 0.2) is 46.9 Å². The third kappa shape index (κ3) is 4.04. The molecule has 98 valence electrons. The van der Waals surface area contributed by atoms with Crippen molar-refractivity contribution in [3.8, 4) is 0 Å². The van der Waals surface area contributed by atoms with Crippen molar-refractivity contribution in [2.75, 3.05) is 10.6 Å². The number of thiocarbonyl (C=S) groups is 1. The van der Waals surface area contributed by atoms with E-state index in [1.54, 1.807) is 0 Å². The molecule has 0 unspecified atom stereocenters. The minimum atomic E-state index is 0.588. The van der Waals surface area contributed by atoms with Gasteiger partial charge in [0.05, 0.1) is 0 Å². The van der Waals surface area contributed by atoms with Crippen LogP contribution in [0.2, 0.25) is 0 Å². The van der Waals surface area contributed by atoms with Crippen LogP contribution < -0.4 is 10.6 Å². The highest BCUT2D eigenvalue weighted by atomic mass is 79.9. The second-order valence-corrected chi connectivity index (χ2v) is 5.73. The molecule has 0 aromatic heterocycles. The highest BCUT2D eigenvalue weighted by Crippen LogP contribution is 2.18. The fraction of sp³-hybridized carbons (Fsp3) is 0.133. The maximum atomic E-state index is 5.32. The summed E-state index contributed by atoms with van der Waals surface area (Å²) >= 11 is 8.75. The fourth-order valence-corrected chi connectivity index (χ4v) is 2.43. The Morgan fingerprint density at radius 1 is 1.05 bits per heavy atom. The Kier molecular flexibility index (Phi) is 4.56. The Bertz CT molecular complexity index is 611. The molecule has 0 saturated heterocycles. The van der Waals surface area contributed by atoms with E-state index in [2.05, 4.69) is 52.5 Å². The second-order valence-electron chi connectivity index (χ2n) is 4.41. The standard InChI is InChI=1S/C15H15BrN2S/c1-10-6-7-14(11(2)8-10)18-15(19)17-13-5-3-4-12(16)9-13/h3-9H,1-2H3,(H2,17,18,19). The second kappa shape index (κ2) is 6.17. The lowest BCUT2D eigenvalue weighted by Gasteiger charge is -2.13. The van der Waals surface area contributed by atoms with Crippen LogP contribution in [-0.2, 0) is 0 Å². The molecule has 0 atom stereocenters. The quantitative estimate of drug-likeness (QED) is 0.765. The SMILES string of the molecule is Cc1ccc(NC(=S)Nc2cccc(Br)c2)c(C)c1. The van der Waals surface area contributed by atoms with Crippen LogP contribution in [0.25, 0.3) is 0 Å². The van der Waals surface area contributed by atoms with E-state index in [1.165, 1.54) is 11.1 Å². The summed E-state index contributed by atoms with van der Waals surface area (Å²) < 4.78 is 1.02. The smallest absolute Gasteiger partial charge is 0.175 e. The van der Waals surface area contributed by atoms with E-state index in [9.17, 15) is 0 Å². The highest BCUT2D eigenvalue weighted by Gasteiger charge is 2.02. The summed E-state index contributed by atoms with van der Waals surface area (Å²) in [6.07, 6.45) is 0. The van der Waals surface area contributed by atoms with Crippen molar-refractivity contribution in [2.24, 2.45) is 0 Å². The molecule has 0 heterocycles. The van der Waals surface area contributed by atoms with E-state index >= 15 is 0 Å². The van der Waals surface area contributed by atoms with E-state index < -0.39 is 0 Å². The van der Waals surface area contributed by atoms with Crippen molar-refractivity contribution in [1.82, 2.24) is 0 Å². The van der Waals surface area contributed by atoms with Crippen molar-refractivity contribution in [3.63, 3.8) is 0 Å². The summed E-state index contributed by atoms with van der Waals surface area (Å²) in [5, 5.41) is 6.96. The van der Waals surface area contributed by atoms with Crippen molar-refractivity contribution in [3.05, 3.63) is 58.1 Å². The predicted molar refractivity (Wildman–Crippen MR) is 89.9 cm³/mol. The molecular weight excluding hydrogens is 320 g/mol. The Balaban J connectivity index is 2.05. The molecule has 2 aromatic carbocycles. The maximum Gasteiger partial charge on any atom is 0.175 e. The molecule has 0 aliphatic rings. The van der Waals surface area contributed by atoms with Gasteiger partial charge in [-0.15, -0.1) is 0 Å². The first kappa shape index (κ1) is 14.0. The summed E-state index contributed by atoms with van der Waals surface area (Å²) in [7, 11) is 0. The molecular formula is C15H15BrN2S. The van der Waals surface area contributed by atoms with E-state index in [4.69, 9.17) is 12.2 Å². The third-order valence-electron chi connectivity index (χ3n) is 2.71. The first-order valence-corrected chi connectivity index (χ1v) is 7.15. The van der Waals surface area contributed by atoms with Gasteiger partial charge < -0.3 is 10.6 Å². The average Bonchev–Trinajstić information content (AvgIpc) is 2.33. The van der Waals surface area contributed by atoms with E-state index in [0.29, 0.717) is 5.11 Å². The summed E-state index contributed by atoms with van der Waals surface area (Å²) in [6, 6.07) is 14.1. The van der Waals surface area contributed by atoms with Crippen molar-refractivity contribution >= 4 is 44.6 Å². The third-order valence-corrected chi connectivity index (χ3v) is 3.41. The Morgan fingerprint density at radius 3 is 2.53 bits per heavy atom. The predicted octanol–water partition coefficient (Wildman–Crippen LogP) is 4.87. The fourth-order valence-electron chi connectivity index (χ4n) is 1.80. The molecule has 0 spiro atoms. The van der Waals surface area contributed by atoms with Gasteiger partial charge in [-0.25, -0.2) is 0 Å². The number of aryl methyl sites for hydroxylation is 2. The molecule has 2 N–H and O–H groups in total. The molecule has 0 saturated carbocycles. The zero-order valence-electron chi connectivity index (χ0n) is 10.8. The number of anilines is 2. The Morgan fingerprint density at radius 2 is 1.84 bits per heavy atom. The van der Waals surface area contributed by atoms with E-state index in [1.807, 2.05) is 30.3 Å². The summed E-state index contributed by atoms with van der Waals surface area (Å²) in [6.45, 7) is 4.14. The van der Waals surface area contributed by atoms with Crippen LogP contribution in [-0.4, -0.2) is 5.11 Å². The topological polar surface area (TPSA) is 24.1 Å². The number of hydrogen-bond donors (Lipinski definition) is 2. The number of rotatable bonds is 2. The van der Waals surface area contributed by atoms with Gasteiger partial charge in [0, 0.05) is 15.8 Å². The van der Waals surface area contributed by atoms with Crippen LogP contribution in [0.3, 0.4) is 0 Å². The van der Waals surface area contributed by atoms with Gasteiger partial charge in [-0.3, -0.25) is 0 Å². The van der Waals surface area contributed by atoms with E-state index in [0.717, 1.165) is 15.8 Å². The van der Waals surface area contributed by atoms with Gasteiger partial charge in [-0.1, -0.05) is 39.7 Å². The van der Waals surface area contributed by atoms with Gasteiger partial charge in [-0.05, 0) is 55.9 Å². The van der Waals surface area contributed by atoms with Crippen molar-refractivity contribution < 1.29 is 0 Å². The van der Waals surface area contributed by atoms with Gasteiger partial charge in [0.2, 0.25) is 0 Å². The minimum absolute atomic E-state index is 0.588. The number of hydrogen-bond acceptors (Lipinski definition) is 1. The molecule has 19 heavy (non-hydrogen) atoms. The summed E-state index contributed by atoms with van der Waals surface area (Å²) in [4.78, 5) is 0. The zero-order valence-corrected chi connectivity index (χ0v) is 13.2. The molecule has 2 nitrogen and oxygen atoms in total. The van der Waals surface area contributed by atoms with Crippen molar-refractivity contribution in [1.29, 1.82) is 0 Å². The van der Waals surface area contributed by atoms with Crippen molar-refractivity contribution in [2.45, 2.75) is 13.8 Å². The van der Waals surface area contributed by atoms with Gasteiger partial charge in [0.15, 0.2) is 5.11 Å². The van der Waals surface area contributed by atoms with Crippen LogP contribution in [0.1, 0.15) is 11.1 Å². The Hall–Kier alpha value is -1.39. The number of benzene rings is 2. The molecule has 0 aliphatic carbocycles. The molecule has 0 radical (unpaired) electrons. The van der Waals surface area contributed by atoms with Crippen LogP contribution in [0.4, 0.5) is 11.4 Å². The van der Waals surface area contributed by atoms with Crippen LogP contribution in [0, 0.1) is 13.8 Å². The lowest BCUT2D eigenvalue weighted by atomic mass is 10.1. The van der Waals surface area contributed by atoms with Gasteiger partial charge in [-0.2, -0.15) is 0 Å². The molecule has 0 aliphatic heterocycles. The molecule has 0 fully saturated rings. The molecule has 2 aromatic rings. The molecule has 2 rings (SSSR count). The first-order valence-electron chi connectivity index (χ1n) is 5.95. The lowest BCUT2D eigenvalue weighted by molar-refractivity contribution is 1.38. The van der Waals surface area contributed by atoms with Gasteiger partial charge >= 0.3 is 0 Å². The number of nitrogens with one attached hydrogen (secondary N) is 2. The van der Waals surface area contributed by atoms with Crippen LogP contribution in [0.5, 0.6) is 0 Å². The normalized spacial score (nSPS) is 10.1. The first-order chi connectivity index (χ1) is 9.04. The van der Waals surface area contributed by atoms with Crippen LogP contribution >= 0.6 is 28.1 Å². The highest BCUT2D eigenvalue weighted by molar-refractivity contribution is 9.10. The summed E-state index contributed by atoms with van der Waals surface area (Å²) in [5.41, 5.74) is 4.40. The Labute approximate surface area is 127 Å². The molecule has 4 heteroatoms. The van der Waals surface area contributed by atoms with Gasteiger partial charge in [0.1, 0.15) is 0 Å². The molecule has 0 bridgehead atoms. The number of halogens is 1. The summed E-state index contributed by atoms with van der Waals surface area (Å²) in [5.74, 6) is 0. The zero-order chi connectivity index (χ0) is 13.8. The molecule has 0 amide bonds. The monoisotopic (exact) mass is 334 g/mol. The maximum absolute atomic E-state index is 5.32. The van der Waals surface area contributed by atoms with E-state index in [-0.39, 0.29) is 0 Å². The largest absolute Gasteiger partial charge is 0.332 e. The average molecular weight is 335 g/mol. The minimum Gasteiger partial charge on any atom is -0.332 e. The lowest BCUT2D eigenvalue weighted by Crippen LogP contribution is -2.19. The van der Waals surface area contributed by atoms with Gasteiger partial charge in [0.25, 0.3) is 0 Å².